The summed E-state index contributed by atoms with van der Waals surface area (Å²) in [5, 5.41) is 7.56. The molecule has 1 amide bonds. The van der Waals surface area contributed by atoms with E-state index in [2.05, 4.69) is 15.5 Å². The van der Waals surface area contributed by atoms with Crippen LogP contribution in [0, 0.1) is 0 Å². The highest BCUT2D eigenvalue weighted by Crippen LogP contribution is 2.18. The summed E-state index contributed by atoms with van der Waals surface area (Å²) < 4.78 is 5.08. The first-order valence-corrected chi connectivity index (χ1v) is 6.48. The van der Waals surface area contributed by atoms with Crippen molar-refractivity contribution in [3.05, 3.63) is 23.5 Å². The highest BCUT2D eigenvalue weighted by atomic mass is 16.5. The SMILES string of the molecule is CCc1noc2ncc(C(=O)NCCCCN)cc12. The molecule has 0 unspecified atom stereocenters. The molecule has 0 aliphatic heterocycles. The van der Waals surface area contributed by atoms with Crippen LogP contribution >= 0.6 is 0 Å². The summed E-state index contributed by atoms with van der Waals surface area (Å²) >= 11 is 0. The van der Waals surface area contributed by atoms with Crippen molar-refractivity contribution in [2.75, 3.05) is 13.1 Å². The molecule has 3 N–H and O–H groups in total. The number of fused-ring (bicyclic) bond motifs is 1. The van der Waals surface area contributed by atoms with Crippen molar-refractivity contribution in [1.29, 1.82) is 0 Å². The van der Waals surface area contributed by atoms with Gasteiger partial charge in [0, 0.05) is 12.7 Å². The van der Waals surface area contributed by atoms with Crippen molar-refractivity contribution >= 4 is 17.0 Å². The van der Waals surface area contributed by atoms with E-state index in [1.807, 2.05) is 6.92 Å². The lowest BCUT2D eigenvalue weighted by atomic mass is 10.1. The Morgan fingerprint density at radius 1 is 1.47 bits per heavy atom. The van der Waals surface area contributed by atoms with Gasteiger partial charge in [0.25, 0.3) is 11.6 Å². The van der Waals surface area contributed by atoms with Gasteiger partial charge in [0.05, 0.1) is 16.6 Å². The highest BCUT2D eigenvalue weighted by molar-refractivity contribution is 5.96. The number of hydrogen-bond donors (Lipinski definition) is 2. The molecule has 0 fully saturated rings. The van der Waals surface area contributed by atoms with Crippen molar-refractivity contribution < 1.29 is 9.32 Å². The number of carbonyl (C=O) groups is 1. The monoisotopic (exact) mass is 262 g/mol. The molecule has 0 saturated heterocycles. The van der Waals surface area contributed by atoms with E-state index in [0.717, 1.165) is 30.3 Å². The first-order valence-electron chi connectivity index (χ1n) is 6.48. The number of unbranched alkanes of at least 4 members (excludes halogenated alkanes) is 1. The molecule has 0 bridgehead atoms. The van der Waals surface area contributed by atoms with Crippen molar-refractivity contribution in [2.24, 2.45) is 5.73 Å². The summed E-state index contributed by atoms with van der Waals surface area (Å²) in [6.45, 7) is 3.25. The predicted molar refractivity (Wildman–Crippen MR) is 71.8 cm³/mol. The number of nitrogens with zero attached hydrogens (tertiary/aromatic N) is 2. The van der Waals surface area contributed by atoms with Gasteiger partial charge in [0.15, 0.2) is 0 Å². The van der Waals surface area contributed by atoms with E-state index in [1.165, 1.54) is 6.20 Å². The third-order valence-electron chi connectivity index (χ3n) is 2.92. The van der Waals surface area contributed by atoms with Gasteiger partial charge in [-0.05, 0) is 31.9 Å². The highest BCUT2D eigenvalue weighted by Gasteiger charge is 2.12. The standard InChI is InChI=1S/C13H18N4O2/c1-2-11-10-7-9(8-16-13(10)19-17-11)12(18)15-6-4-3-5-14/h7-8H,2-6,14H2,1H3,(H,15,18). The Morgan fingerprint density at radius 2 is 2.32 bits per heavy atom. The fourth-order valence-corrected chi connectivity index (χ4v) is 1.83. The van der Waals surface area contributed by atoms with E-state index in [0.29, 0.717) is 24.4 Å². The van der Waals surface area contributed by atoms with E-state index in [4.69, 9.17) is 10.3 Å². The van der Waals surface area contributed by atoms with E-state index < -0.39 is 0 Å². The van der Waals surface area contributed by atoms with Crippen molar-refractivity contribution in [3.8, 4) is 0 Å². The third-order valence-corrected chi connectivity index (χ3v) is 2.92. The lowest BCUT2D eigenvalue weighted by Gasteiger charge is -2.04. The Balaban J connectivity index is 2.09. The molecular weight excluding hydrogens is 244 g/mol. The predicted octanol–water partition coefficient (Wildman–Crippen LogP) is 1.25. The number of hydrogen-bond acceptors (Lipinski definition) is 5. The summed E-state index contributed by atoms with van der Waals surface area (Å²) in [6.07, 6.45) is 4.04. The lowest BCUT2D eigenvalue weighted by molar-refractivity contribution is 0.0953. The molecule has 0 saturated carbocycles. The molecule has 102 valence electrons. The van der Waals surface area contributed by atoms with Gasteiger partial charge in [-0.15, -0.1) is 0 Å². The van der Waals surface area contributed by atoms with Gasteiger partial charge in [-0.3, -0.25) is 4.79 Å². The van der Waals surface area contributed by atoms with E-state index in [-0.39, 0.29) is 5.91 Å². The fraction of sp³-hybridized carbons (Fsp3) is 0.462. The topological polar surface area (TPSA) is 94.0 Å². The molecule has 2 heterocycles. The average molecular weight is 262 g/mol. The molecule has 2 aromatic heterocycles. The number of carbonyl (C=O) groups excluding carboxylic acids is 1. The lowest BCUT2D eigenvalue weighted by Crippen LogP contribution is -2.25. The van der Waals surface area contributed by atoms with Crippen LogP contribution in [0.1, 0.15) is 35.8 Å². The van der Waals surface area contributed by atoms with Crippen LogP contribution in [-0.2, 0) is 6.42 Å². The number of nitrogens with two attached hydrogens (primary N) is 1. The minimum absolute atomic E-state index is 0.130. The van der Waals surface area contributed by atoms with Gasteiger partial charge in [0.2, 0.25) is 0 Å². The zero-order chi connectivity index (χ0) is 13.7. The number of amides is 1. The largest absolute Gasteiger partial charge is 0.352 e. The number of aryl methyl sites for hydroxylation is 1. The summed E-state index contributed by atoms with van der Waals surface area (Å²) in [5.41, 5.74) is 7.21. The Hall–Kier alpha value is -1.95. The van der Waals surface area contributed by atoms with Gasteiger partial charge >= 0.3 is 0 Å². The second kappa shape index (κ2) is 6.29. The molecule has 19 heavy (non-hydrogen) atoms. The third kappa shape index (κ3) is 3.08. The minimum Gasteiger partial charge on any atom is -0.352 e. The molecule has 0 aliphatic carbocycles. The summed E-state index contributed by atoms with van der Waals surface area (Å²) in [4.78, 5) is 16.0. The maximum absolute atomic E-state index is 11.9. The second-order valence-electron chi connectivity index (χ2n) is 4.31. The second-order valence-corrected chi connectivity index (χ2v) is 4.31. The molecule has 6 heteroatoms. The molecule has 0 aromatic carbocycles. The van der Waals surface area contributed by atoms with Crippen LogP contribution in [0.5, 0.6) is 0 Å². The van der Waals surface area contributed by atoms with E-state index in [1.54, 1.807) is 6.07 Å². The number of aromatic nitrogens is 2. The zero-order valence-corrected chi connectivity index (χ0v) is 11.0. The van der Waals surface area contributed by atoms with Crippen LogP contribution in [0.15, 0.2) is 16.8 Å². The van der Waals surface area contributed by atoms with Gasteiger partial charge < -0.3 is 15.6 Å². The Bertz CT molecular complexity index is 565. The van der Waals surface area contributed by atoms with Crippen molar-refractivity contribution in [2.45, 2.75) is 26.2 Å². The first-order chi connectivity index (χ1) is 9.26. The van der Waals surface area contributed by atoms with Crippen LogP contribution in [0.2, 0.25) is 0 Å². The van der Waals surface area contributed by atoms with Crippen LogP contribution in [-0.4, -0.2) is 29.1 Å². The van der Waals surface area contributed by atoms with Crippen LogP contribution < -0.4 is 11.1 Å². The van der Waals surface area contributed by atoms with Crippen LogP contribution in [0.25, 0.3) is 11.1 Å². The minimum atomic E-state index is -0.130. The van der Waals surface area contributed by atoms with Crippen LogP contribution in [0.4, 0.5) is 0 Å². The first kappa shape index (κ1) is 13.5. The maximum atomic E-state index is 11.9. The van der Waals surface area contributed by atoms with Crippen LogP contribution in [0.3, 0.4) is 0 Å². The molecule has 2 aromatic rings. The van der Waals surface area contributed by atoms with Gasteiger partial charge in [-0.1, -0.05) is 12.1 Å². The Kier molecular flexibility index (Phi) is 4.46. The Labute approximate surface area is 111 Å². The summed E-state index contributed by atoms with van der Waals surface area (Å²) in [6, 6.07) is 1.77. The normalized spacial score (nSPS) is 10.8. The van der Waals surface area contributed by atoms with Crippen molar-refractivity contribution in [1.82, 2.24) is 15.5 Å². The van der Waals surface area contributed by atoms with E-state index >= 15 is 0 Å². The van der Waals surface area contributed by atoms with Crippen molar-refractivity contribution in [3.63, 3.8) is 0 Å². The average Bonchev–Trinajstić information content (AvgIpc) is 2.85. The molecule has 6 nitrogen and oxygen atoms in total. The number of nitrogens with one attached hydrogen (secondary N) is 1. The maximum Gasteiger partial charge on any atom is 0.257 e. The summed E-state index contributed by atoms with van der Waals surface area (Å²) in [7, 11) is 0. The van der Waals surface area contributed by atoms with Gasteiger partial charge in [-0.2, -0.15) is 0 Å². The zero-order valence-electron chi connectivity index (χ0n) is 11.0. The molecular formula is C13H18N4O2. The Morgan fingerprint density at radius 3 is 3.05 bits per heavy atom. The summed E-state index contributed by atoms with van der Waals surface area (Å²) in [5.74, 6) is -0.130. The van der Waals surface area contributed by atoms with E-state index in [9.17, 15) is 4.79 Å². The number of rotatable bonds is 6. The quantitative estimate of drug-likeness (QED) is 0.764. The van der Waals surface area contributed by atoms with Gasteiger partial charge in [0.1, 0.15) is 0 Å². The van der Waals surface area contributed by atoms with Gasteiger partial charge in [-0.25, -0.2) is 4.98 Å². The molecule has 0 radical (unpaired) electrons. The molecule has 0 atom stereocenters. The molecule has 0 aliphatic rings. The molecule has 2 rings (SSSR count). The molecule has 0 spiro atoms. The number of pyridine rings is 1. The smallest absolute Gasteiger partial charge is 0.257 e. The fourth-order valence-electron chi connectivity index (χ4n) is 1.83.